The van der Waals surface area contributed by atoms with Crippen LogP contribution in [0.3, 0.4) is 0 Å². The molecule has 0 amide bonds. The van der Waals surface area contributed by atoms with Crippen LogP contribution in [0.4, 0.5) is 5.69 Å². The molecule has 0 spiro atoms. The largest absolute Gasteiger partial charge is 0.507 e. The Bertz CT molecular complexity index is 1280. The lowest BCUT2D eigenvalue weighted by atomic mass is 9.97. The number of benzene rings is 1. The molecule has 1 aliphatic heterocycles. The molecule has 0 radical (unpaired) electrons. The van der Waals surface area contributed by atoms with Crippen LogP contribution in [0.5, 0.6) is 5.75 Å². The van der Waals surface area contributed by atoms with Gasteiger partial charge in [-0.15, -0.1) is 0 Å². The predicted molar refractivity (Wildman–Crippen MR) is 131 cm³/mol. The summed E-state index contributed by atoms with van der Waals surface area (Å²) in [5, 5.41) is 11.0. The molecular formula is C27H28N4O3. The van der Waals surface area contributed by atoms with Gasteiger partial charge in [0.05, 0.1) is 24.4 Å². The highest BCUT2D eigenvalue weighted by atomic mass is 16.3. The molecule has 1 aromatic carbocycles. The fourth-order valence-electron chi connectivity index (χ4n) is 4.76. The molecule has 1 atom stereocenters. The molecule has 0 unspecified atom stereocenters. The monoisotopic (exact) mass is 456 g/mol. The van der Waals surface area contributed by atoms with E-state index in [0.29, 0.717) is 23.6 Å². The van der Waals surface area contributed by atoms with Gasteiger partial charge in [-0.25, -0.2) is 0 Å². The van der Waals surface area contributed by atoms with E-state index in [0.717, 1.165) is 31.7 Å². The van der Waals surface area contributed by atoms with Gasteiger partial charge in [0.25, 0.3) is 5.56 Å². The zero-order valence-electron chi connectivity index (χ0n) is 19.2. The molecule has 4 heterocycles. The molecule has 1 fully saturated rings. The topological polar surface area (TPSA) is 74.7 Å². The van der Waals surface area contributed by atoms with Crippen LogP contribution in [0.1, 0.15) is 28.6 Å². The summed E-state index contributed by atoms with van der Waals surface area (Å²) in [7, 11) is 0. The van der Waals surface area contributed by atoms with Crippen molar-refractivity contribution in [1.29, 1.82) is 0 Å². The minimum atomic E-state index is -0.400. The third-order valence-corrected chi connectivity index (χ3v) is 6.49. The van der Waals surface area contributed by atoms with Crippen LogP contribution in [0.25, 0.3) is 0 Å². The molecule has 0 saturated carbocycles. The summed E-state index contributed by atoms with van der Waals surface area (Å²) in [6.07, 6.45) is 5.10. The quantitative estimate of drug-likeness (QED) is 0.476. The highest BCUT2D eigenvalue weighted by Crippen LogP contribution is 2.33. The zero-order valence-corrected chi connectivity index (χ0v) is 19.2. The van der Waals surface area contributed by atoms with Crippen LogP contribution in [-0.4, -0.2) is 45.7 Å². The van der Waals surface area contributed by atoms with E-state index in [2.05, 4.69) is 26.9 Å². The maximum absolute atomic E-state index is 13.8. The number of aromatic hydroxyl groups is 1. The number of anilines is 1. The van der Waals surface area contributed by atoms with E-state index in [1.807, 2.05) is 49.4 Å². The molecule has 7 nitrogen and oxygen atoms in total. The second kappa shape index (κ2) is 9.57. The maximum Gasteiger partial charge on any atom is 0.260 e. The van der Waals surface area contributed by atoms with Gasteiger partial charge >= 0.3 is 0 Å². The molecule has 0 aliphatic carbocycles. The molecule has 174 valence electrons. The minimum absolute atomic E-state index is 0.0116. The number of pyridine rings is 2. The Balaban J connectivity index is 1.52. The van der Waals surface area contributed by atoms with Crippen molar-refractivity contribution in [1.82, 2.24) is 14.5 Å². The fourth-order valence-corrected chi connectivity index (χ4v) is 4.76. The molecule has 1 aliphatic rings. The van der Waals surface area contributed by atoms with E-state index in [-0.39, 0.29) is 11.3 Å². The summed E-state index contributed by atoms with van der Waals surface area (Å²) >= 11 is 0. The number of aryl methyl sites for hydroxylation is 1. The Morgan fingerprint density at radius 3 is 2.50 bits per heavy atom. The zero-order chi connectivity index (χ0) is 23.5. The Hall–Kier alpha value is -3.84. The number of piperazine rings is 1. The number of hydrogen-bond donors (Lipinski definition) is 1. The second-order valence-electron chi connectivity index (χ2n) is 8.60. The molecule has 5 rings (SSSR count). The van der Waals surface area contributed by atoms with E-state index in [4.69, 9.17) is 4.42 Å². The first-order valence-corrected chi connectivity index (χ1v) is 11.5. The second-order valence-corrected chi connectivity index (χ2v) is 8.60. The van der Waals surface area contributed by atoms with Crippen molar-refractivity contribution in [3.8, 4) is 5.75 Å². The van der Waals surface area contributed by atoms with Crippen LogP contribution >= 0.6 is 0 Å². The number of hydrogen-bond acceptors (Lipinski definition) is 6. The standard InChI is InChI=1S/C27H28N4O3/c1-20-17-24(32)25(27(33)31(20)19-23-10-6-16-34-23)26(21-7-5-11-28-18-21)30-14-12-29(13-15-30)22-8-3-2-4-9-22/h2-11,16-18,26,32H,12-15,19H2,1H3/t26-/m1/s1. The SMILES string of the molecule is Cc1cc(O)c([C@@H](c2cccnc2)N2CCN(c3ccccc3)CC2)c(=O)n1Cc1ccco1. The molecule has 7 heteroatoms. The van der Waals surface area contributed by atoms with Crippen molar-refractivity contribution in [2.75, 3.05) is 31.1 Å². The van der Waals surface area contributed by atoms with Gasteiger partial charge in [0.2, 0.25) is 0 Å². The van der Waals surface area contributed by atoms with E-state index in [1.54, 1.807) is 29.3 Å². The predicted octanol–water partition coefficient (Wildman–Crippen LogP) is 3.81. The van der Waals surface area contributed by atoms with Gasteiger partial charge in [0.15, 0.2) is 0 Å². The average Bonchev–Trinajstić information content (AvgIpc) is 3.39. The van der Waals surface area contributed by atoms with Crippen LogP contribution in [0.15, 0.2) is 88.5 Å². The van der Waals surface area contributed by atoms with Gasteiger partial charge < -0.3 is 19.0 Å². The highest BCUT2D eigenvalue weighted by molar-refractivity contribution is 5.47. The van der Waals surface area contributed by atoms with Crippen LogP contribution < -0.4 is 10.5 Å². The molecule has 1 N–H and O–H groups in total. The normalized spacial score (nSPS) is 15.4. The van der Waals surface area contributed by atoms with E-state index < -0.39 is 6.04 Å². The molecule has 3 aromatic heterocycles. The van der Waals surface area contributed by atoms with Crippen molar-refractivity contribution >= 4 is 5.69 Å². The van der Waals surface area contributed by atoms with E-state index in [1.165, 1.54) is 5.69 Å². The van der Waals surface area contributed by atoms with Gasteiger partial charge in [-0.2, -0.15) is 0 Å². The molecular weight excluding hydrogens is 428 g/mol. The Labute approximate surface area is 198 Å². The molecule has 34 heavy (non-hydrogen) atoms. The molecule has 1 saturated heterocycles. The van der Waals surface area contributed by atoms with E-state index >= 15 is 0 Å². The lowest BCUT2D eigenvalue weighted by molar-refractivity contribution is 0.207. The minimum Gasteiger partial charge on any atom is -0.507 e. The average molecular weight is 457 g/mol. The number of furan rings is 1. The smallest absolute Gasteiger partial charge is 0.260 e. The number of aromatic nitrogens is 2. The summed E-state index contributed by atoms with van der Waals surface area (Å²) in [6, 6.07) is 19.1. The van der Waals surface area contributed by atoms with Gasteiger partial charge in [-0.1, -0.05) is 24.3 Å². The van der Waals surface area contributed by atoms with Crippen molar-refractivity contribution < 1.29 is 9.52 Å². The lowest BCUT2D eigenvalue weighted by Gasteiger charge is -2.40. The van der Waals surface area contributed by atoms with Gasteiger partial charge in [-0.3, -0.25) is 14.7 Å². The first-order chi connectivity index (χ1) is 16.6. The Morgan fingerprint density at radius 2 is 1.82 bits per heavy atom. The van der Waals surface area contributed by atoms with Gasteiger partial charge in [0.1, 0.15) is 11.5 Å². The Morgan fingerprint density at radius 1 is 1.03 bits per heavy atom. The molecule has 0 bridgehead atoms. The highest BCUT2D eigenvalue weighted by Gasteiger charge is 2.31. The fraction of sp³-hybridized carbons (Fsp3) is 0.259. The summed E-state index contributed by atoms with van der Waals surface area (Å²) in [4.78, 5) is 22.7. The summed E-state index contributed by atoms with van der Waals surface area (Å²) in [6.45, 7) is 5.29. The maximum atomic E-state index is 13.8. The van der Waals surface area contributed by atoms with Crippen molar-refractivity contribution in [3.63, 3.8) is 0 Å². The van der Waals surface area contributed by atoms with E-state index in [9.17, 15) is 9.90 Å². The lowest BCUT2D eigenvalue weighted by Crippen LogP contribution is -2.49. The first kappa shape index (κ1) is 22.0. The van der Waals surface area contributed by atoms with Crippen molar-refractivity contribution in [2.45, 2.75) is 19.5 Å². The Kier molecular flexibility index (Phi) is 6.18. The van der Waals surface area contributed by atoms with Crippen LogP contribution in [0, 0.1) is 6.92 Å². The summed E-state index contributed by atoms with van der Waals surface area (Å²) < 4.78 is 7.15. The summed E-state index contributed by atoms with van der Waals surface area (Å²) in [5.41, 5.74) is 2.92. The van der Waals surface area contributed by atoms with Crippen LogP contribution in [-0.2, 0) is 6.54 Å². The van der Waals surface area contributed by atoms with Crippen molar-refractivity contribution in [2.24, 2.45) is 0 Å². The van der Waals surface area contributed by atoms with Crippen LogP contribution in [0.2, 0.25) is 0 Å². The van der Waals surface area contributed by atoms with Crippen molar-refractivity contribution in [3.05, 3.63) is 112 Å². The third kappa shape index (κ3) is 4.34. The van der Waals surface area contributed by atoms with Gasteiger partial charge in [-0.05, 0) is 48.9 Å². The number of rotatable bonds is 6. The molecule has 4 aromatic rings. The van der Waals surface area contributed by atoms with Gasteiger partial charge in [0, 0.05) is 50.0 Å². The summed E-state index contributed by atoms with van der Waals surface area (Å²) in [5.74, 6) is 0.703. The first-order valence-electron chi connectivity index (χ1n) is 11.5. The number of nitrogens with zero attached hydrogens (tertiary/aromatic N) is 4. The third-order valence-electron chi connectivity index (χ3n) is 6.49. The number of para-hydroxylation sites is 1.